The van der Waals surface area contributed by atoms with Crippen molar-refractivity contribution in [2.45, 2.75) is 180 Å². The molecule has 0 spiro atoms. The predicted octanol–water partition coefficient (Wildman–Crippen LogP) is 7.18. The maximum Gasteiger partial charge on any atom is 0.170 e. The zero-order valence-electron chi connectivity index (χ0n) is 23.4. The normalized spacial score (nSPS) is 15.1. The van der Waals surface area contributed by atoms with Crippen molar-refractivity contribution in [2.24, 2.45) is 11.7 Å². The van der Waals surface area contributed by atoms with E-state index in [2.05, 4.69) is 13.8 Å². The quantitative estimate of drug-likeness (QED) is 0.0707. The molecule has 0 saturated heterocycles. The van der Waals surface area contributed by atoms with Gasteiger partial charge in [-0.15, -0.1) is 0 Å². The van der Waals surface area contributed by atoms with Gasteiger partial charge < -0.3 is 21.1 Å². The molecule has 2 unspecified atom stereocenters. The van der Waals surface area contributed by atoms with Gasteiger partial charge in [-0.1, -0.05) is 149 Å². The number of hydrogen-bond donors (Lipinski definition) is 4. The van der Waals surface area contributed by atoms with Gasteiger partial charge in [0.2, 0.25) is 0 Å². The minimum absolute atomic E-state index is 0.377. The average molecular weight is 500 g/mol. The van der Waals surface area contributed by atoms with Gasteiger partial charge in [0.25, 0.3) is 0 Å². The van der Waals surface area contributed by atoms with Crippen LogP contribution in [0, 0.1) is 5.92 Å². The third-order valence-corrected chi connectivity index (χ3v) is 7.37. The number of ketones is 1. The Labute approximate surface area is 217 Å². The van der Waals surface area contributed by atoms with E-state index >= 15 is 0 Å². The van der Waals surface area contributed by atoms with Gasteiger partial charge in [0.05, 0.1) is 12.0 Å². The van der Waals surface area contributed by atoms with Crippen LogP contribution in [0.3, 0.4) is 0 Å². The average Bonchev–Trinajstić information content (AvgIpc) is 2.83. The highest BCUT2D eigenvalue weighted by Gasteiger charge is 2.34. The molecular weight excluding hydrogens is 438 g/mol. The molecule has 5 heteroatoms. The zero-order valence-corrected chi connectivity index (χ0v) is 23.4. The Morgan fingerprint density at radius 2 is 0.857 bits per heavy atom. The van der Waals surface area contributed by atoms with Gasteiger partial charge in [-0.05, 0) is 12.8 Å². The zero-order chi connectivity index (χ0) is 26.2. The molecule has 0 bridgehead atoms. The van der Waals surface area contributed by atoms with Crippen LogP contribution < -0.4 is 5.73 Å². The van der Waals surface area contributed by atoms with Crippen LogP contribution in [0.2, 0.25) is 0 Å². The molecule has 210 valence electrons. The molecule has 0 rings (SSSR count). The van der Waals surface area contributed by atoms with Crippen molar-refractivity contribution in [2.75, 3.05) is 0 Å². The molecule has 0 fully saturated rings. The fourth-order valence-corrected chi connectivity index (χ4v) is 4.97. The lowest BCUT2D eigenvalue weighted by Gasteiger charge is -2.26. The molecule has 0 heterocycles. The third kappa shape index (κ3) is 20.3. The number of carbonyl (C=O) groups is 1. The van der Waals surface area contributed by atoms with Crippen LogP contribution in [-0.4, -0.2) is 39.5 Å². The van der Waals surface area contributed by atoms with Crippen molar-refractivity contribution in [3.05, 3.63) is 0 Å². The summed E-state index contributed by atoms with van der Waals surface area (Å²) in [5.74, 6) is -1.61. The molecule has 4 atom stereocenters. The summed E-state index contributed by atoms with van der Waals surface area (Å²) in [7, 11) is 0. The number of Topliss-reactive ketones (excluding diaryl/α,β-unsaturated/α-hetero) is 1. The Hall–Kier alpha value is -0.490. The van der Waals surface area contributed by atoms with E-state index in [0.717, 1.165) is 38.5 Å². The van der Waals surface area contributed by atoms with E-state index in [1.807, 2.05) is 0 Å². The summed E-state index contributed by atoms with van der Waals surface area (Å²) in [4.78, 5) is 12.6. The minimum Gasteiger partial charge on any atom is -0.392 e. The van der Waals surface area contributed by atoms with Crippen LogP contribution in [-0.2, 0) is 4.79 Å². The number of carbonyl (C=O) groups excluding carboxylic acids is 1. The Morgan fingerprint density at radius 1 is 0.543 bits per heavy atom. The van der Waals surface area contributed by atoms with E-state index in [1.54, 1.807) is 0 Å². The molecule has 0 amide bonds. The highest BCUT2D eigenvalue weighted by molar-refractivity contribution is 5.86. The van der Waals surface area contributed by atoms with E-state index < -0.39 is 30.1 Å². The fraction of sp³-hybridized carbons (Fsp3) is 0.967. The van der Waals surface area contributed by atoms with Gasteiger partial charge in [-0.25, -0.2) is 0 Å². The van der Waals surface area contributed by atoms with Crippen molar-refractivity contribution in [1.82, 2.24) is 0 Å². The Morgan fingerprint density at radius 3 is 1.20 bits per heavy atom. The number of rotatable bonds is 27. The first kappa shape index (κ1) is 34.5. The van der Waals surface area contributed by atoms with E-state index in [0.29, 0.717) is 12.8 Å². The Kier molecular flexibility index (Phi) is 24.8. The maximum absolute atomic E-state index is 12.6. The third-order valence-electron chi connectivity index (χ3n) is 7.37. The summed E-state index contributed by atoms with van der Waals surface area (Å²) in [6, 6.07) is 0. The molecule has 0 saturated carbocycles. The Bertz CT molecular complexity index is 458. The largest absolute Gasteiger partial charge is 0.392 e. The predicted molar refractivity (Wildman–Crippen MR) is 148 cm³/mol. The highest BCUT2D eigenvalue weighted by atomic mass is 16.3. The van der Waals surface area contributed by atoms with E-state index in [1.165, 1.54) is 96.3 Å². The topological polar surface area (TPSA) is 104 Å². The summed E-state index contributed by atoms with van der Waals surface area (Å²) in [5.41, 5.74) is 5.62. The first-order chi connectivity index (χ1) is 17.0. The van der Waals surface area contributed by atoms with Gasteiger partial charge in [0, 0.05) is 0 Å². The first-order valence-electron chi connectivity index (χ1n) is 15.3. The van der Waals surface area contributed by atoms with Gasteiger partial charge in [-0.2, -0.15) is 0 Å². The number of unbranched alkanes of at least 4 members (excludes halogenated alkanes) is 19. The Balaban J connectivity index is 3.90. The van der Waals surface area contributed by atoms with Crippen LogP contribution in [0.25, 0.3) is 0 Å². The molecular formula is C30H61NO4. The van der Waals surface area contributed by atoms with Crippen LogP contribution in [0.1, 0.15) is 162 Å². The molecule has 0 aliphatic rings. The van der Waals surface area contributed by atoms with Crippen LogP contribution >= 0.6 is 0 Å². The molecule has 0 radical (unpaired) electrons. The van der Waals surface area contributed by atoms with Crippen molar-refractivity contribution in [1.29, 1.82) is 0 Å². The van der Waals surface area contributed by atoms with Crippen LogP contribution in [0.5, 0.6) is 0 Å². The number of aliphatic hydroxyl groups is 3. The molecule has 0 aromatic rings. The van der Waals surface area contributed by atoms with Crippen molar-refractivity contribution in [3.63, 3.8) is 0 Å². The molecule has 0 aromatic carbocycles. The van der Waals surface area contributed by atoms with Gasteiger partial charge in [0.1, 0.15) is 12.3 Å². The second-order valence-corrected chi connectivity index (χ2v) is 10.8. The molecule has 0 aliphatic heterocycles. The second-order valence-electron chi connectivity index (χ2n) is 10.8. The van der Waals surface area contributed by atoms with Crippen LogP contribution in [0.4, 0.5) is 0 Å². The summed E-state index contributed by atoms with van der Waals surface area (Å²) < 4.78 is 0. The summed E-state index contributed by atoms with van der Waals surface area (Å²) >= 11 is 0. The minimum atomic E-state index is -1.44. The molecule has 0 aromatic heterocycles. The lowest BCUT2D eigenvalue weighted by atomic mass is 9.87. The van der Waals surface area contributed by atoms with Gasteiger partial charge in [0.15, 0.2) is 5.78 Å². The van der Waals surface area contributed by atoms with Crippen molar-refractivity contribution in [3.8, 4) is 0 Å². The SMILES string of the molecule is CCCCCCCCCCCCCCC[C@@H](O)[C@H](C(=O)C(O)CCCCCCCCCC)C(N)O. The molecule has 5 N–H and O–H groups in total. The standard InChI is InChI=1S/C30H61NO4/c1-3-5-7-9-11-13-14-15-16-17-19-20-22-24-26(32)28(30(31)35)29(34)27(33)25-23-21-18-12-10-8-6-4-2/h26-28,30,32-33,35H,3-25,31H2,1-2H3/t26-,27?,28-,30?/m1/s1. The number of aliphatic hydroxyl groups excluding tert-OH is 3. The van der Waals surface area contributed by atoms with Crippen LogP contribution in [0.15, 0.2) is 0 Å². The van der Waals surface area contributed by atoms with E-state index in [-0.39, 0.29) is 0 Å². The molecule has 35 heavy (non-hydrogen) atoms. The van der Waals surface area contributed by atoms with Gasteiger partial charge >= 0.3 is 0 Å². The highest BCUT2D eigenvalue weighted by Crippen LogP contribution is 2.20. The smallest absolute Gasteiger partial charge is 0.170 e. The number of hydrogen-bond acceptors (Lipinski definition) is 5. The van der Waals surface area contributed by atoms with Crippen molar-refractivity contribution >= 4 is 5.78 Å². The molecule has 5 nitrogen and oxygen atoms in total. The summed E-state index contributed by atoms with van der Waals surface area (Å²) in [6.07, 6.45) is 22.6. The van der Waals surface area contributed by atoms with E-state index in [4.69, 9.17) is 5.73 Å². The fourth-order valence-electron chi connectivity index (χ4n) is 4.97. The number of nitrogens with two attached hydrogens (primary N) is 1. The molecule has 0 aliphatic carbocycles. The van der Waals surface area contributed by atoms with Gasteiger partial charge in [-0.3, -0.25) is 4.79 Å². The second kappa shape index (κ2) is 25.2. The summed E-state index contributed by atoms with van der Waals surface area (Å²) in [5, 5.41) is 30.7. The van der Waals surface area contributed by atoms with E-state index in [9.17, 15) is 20.1 Å². The lowest BCUT2D eigenvalue weighted by molar-refractivity contribution is -0.140. The lowest BCUT2D eigenvalue weighted by Crippen LogP contribution is -2.47. The van der Waals surface area contributed by atoms with Crippen molar-refractivity contribution < 1.29 is 20.1 Å². The first-order valence-corrected chi connectivity index (χ1v) is 15.3. The summed E-state index contributed by atoms with van der Waals surface area (Å²) in [6.45, 7) is 4.46. The monoisotopic (exact) mass is 499 g/mol. The maximum atomic E-state index is 12.6.